The molecule has 2 aromatic rings. The van der Waals surface area contributed by atoms with Crippen molar-refractivity contribution in [3.8, 4) is 5.75 Å². The Hall–Kier alpha value is -2.06. The number of nitrogens with zero attached hydrogens (tertiary/aromatic N) is 2. The van der Waals surface area contributed by atoms with E-state index in [1.165, 1.54) is 13.3 Å². The van der Waals surface area contributed by atoms with E-state index in [0.29, 0.717) is 22.8 Å². The van der Waals surface area contributed by atoms with Crippen LogP contribution in [0.4, 0.5) is 5.69 Å². The van der Waals surface area contributed by atoms with Crippen LogP contribution < -0.4 is 15.2 Å². The van der Waals surface area contributed by atoms with Crippen molar-refractivity contribution in [1.29, 1.82) is 0 Å². The van der Waals surface area contributed by atoms with Gasteiger partial charge in [0.25, 0.3) is 10.0 Å². The third kappa shape index (κ3) is 3.34. The molecule has 1 aromatic carbocycles. The molecule has 114 valence electrons. The Labute approximate surface area is 123 Å². The highest BCUT2D eigenvalue weighted by molar-refractivity contribution is 7.89. The molecule has 0 spiro atoms. The second-order valence-electron chi connectivity index (χ2n) is 4.63. The summed E-state index contributed by atoms with van der Waals surface area (Å²) in [6.07, 6.45) is 1.47. The zero-order valence-corrected chi connectivity index (χ0v) is 12.9. The summed E-state index contributed by atoms with van der Waals surface area (Å²) in [6, 6.07) is 5.06. The quantitative estimate of drug-likeness (QED) is 0.796. The molecule has 0 fully saturated rings. The summed E-state index contributed by atoms with van der Waals surface area (Å²) >= 11 is 0. The molecule has 0 aliphatic heterocycles. The fraction of sp³-hybridized carbons (Fsp3) is 0.308. The maximum absolute atomic E-state index is 12.2. The molecule has 0 radical (unpaired) electrons. The van der Waals surface area contributed by atoms with Crippen LogP contribution in [0.3, 0.4) is 0 Å². The van der Waals surface area contributed by atoms with Gasteiger partial charge in [-0.1, -0.05) is 0 Å². The largest absolute Gasteiger partial charge is 0.496 e. The second-order valence-corrected chi connectivity index (χ2v) is 6.35. The predicted molar refractivity (Wildman–Crippen MR) is 79.4 cm³/mol. The number of aromatic nitrogens is 2. The molecule has 0 saturated heterocycles. The molecule has 21 heavy (non-hydrogen) atoms. The Balaban J connectivity index is 2.21. The first-order valence-electron chi connectivity index (χ1n) is 6.25. The zero-order chi connectivity index (χ0) is 15.6. The predicted octanol–water partition coefficient (Wildman–Crippen LogP) is 0.798. The van der Waals surface area contributed by atoms with E-state index < -0.39 is 10.0 Å². The minimum Gasteiger partial charge on any atom is -0.496 e. The normalized spacial score (nSPS) is 11.6. The van der Waals surface area contributed by atoms with Crippen molar-refractivity contribution in [2.45, 2.75) is 18.5 Å². The minimum absolute atomic E-state index is 0.00892. The topological polar surface area (TPSA) is 99.2 Å². The van der Waals surface area contributed by atoms with Crippen molar-refractivity contribution < 1.29 is 13.2 Å². The maximum Gasteiger partial charge on any atom is 0.259 e. The number of nitrogen functional groups attached to an aromatic ring is 1. The van der Waals surface area contributed by atoms with E-state index in [2.05, 4.69) is 9.71 Å². The number of hydrogen-bond acceptors (Lipinski definition) is 5. The summed E-state index contributed by atoms with van der Waals surface area (Å²) in [6.45, 7) is 1.81. The lowest BCUT2D eigenvalue weighted by Gasteiger charge is -2.10. The summed E-state index contributed by atoms with van der Waals surface area (Å²) in [5.74, 6) is 1.20. The molecular formula is C13H18N4O3S. The number of sulfonamides is 1. The standard InChI is InChI=1S/C13H18N4O3S/c1-9-16-13(8-17(9)2)21(18,19)15-7-10-6-11(14)4-5-12(10)20-3/h4-6,8,15H,7,14H2,1-3H3. The van der Waals surface area contributed by atoms with E-state index in [-0.39, 0.29) is 11.6 Å². The Morgan fingerprint density at radius 3 is 2.71 bits per heavy atom. The van der Waals surface area contributed by atoms with Crippen LogP contribution in [-0.2, 0) is 23.6 Å². The summed E-state index contributed by atoms with van der Waals surface area (Å²) in [5.41, 5.74) is 6.91. The summed E-state index contributed by atoms with van der Waals surface area (Å²) in [5, 5.41) is -0.00892. The van der Waals surface area contributed by atoms with Crippen molar-refractivity contribution in [1.82, 2.24) is 14.3 Å². The summed E-state index contributed by atoms with van der Waals surface area (Å²) in [7, 11) is -0.418. The molecule has 3 N–H and O–H groups in total. The van der Waals surface area contributed by atoms with E-state index in [4.69, 9.17) is 10.5 Å². The molecule has 0 bridgehead atoms. The van der Waals surface area contributed by atoms with Gasteiger partial charge >= 0.3 is 0 Å². The molecule has 0 aliphatic rings. The van der Waals surface area contributed by atoms with E-state index in [1.54, 1.807) is 36.7 Å². The van der Waals surface area contributed by atoms with Gasteiger partial charge in [-0.3, -0.25) is 0 Å². The lowest BCUT2D eigenvalue weighted by atomic mass is 10.2. The Morgan fingerprint density at radius 1 is 1.43 bits per heavy atom. The maximum atomic E-state index is 12.2. The van der Waals surface area contributed by atoms with Crippen molar-refractivity contribution >= 4 is 15.7 Å². The summed E-state index contributed by atoms with van der Waals surface area (Å²) < 4.78 is 33.7. The Kier molecular flexibility index (Phi) is 4.19. The monoisotopic (exact) mass is 310 g/mol. The van der Waals surface area contributed by atoms with Crippen molar-refractivity contribution in [2.75, 3.05) is 12.8 Å². The number of hydrogen-bond donors (Lipinski definition) is 2. The molecule has 7 nitrogen and oxygen atoms in total. The zero-order valence-electron chi connectivity index (χ0n) is 12.1. The molecular weight excluding hydrogens is 292 g/mol. The van der Waals surface area contributed by atoms with Gasteiger partial charge < -0.3 is 15.0 Å². The second kappa shape index (κ2) is 5.74. The highest BCUT2D eigenvalue weighted by atomic mass is 32.2. The SMILES string of the molecule is COc1ccc(N)cc1CNS(=O)(=O)c1cn(C)c(C)n1. The molecule has 0 saturated carbocycles. The van der Waals surface area contributed by atoms with Gasteiger partial charge in [0.05, 0.1) is 7.11 Å². The van der Waals surface area contributed by atoms with Crippen molar-refractivity contribution in [2.24, 2.45) is 7.05 Å². The first-order valence-corrected chi connectivity index (χ1v) is 7.74. The highest BCUT2D eigenvalue weighted by Crippen LogP contribution is 2.21. The lowest BCUT2D eigenvalue weighted by molar-refractivity contribution is 0.409. The molecule has 1 heterocycles. The van der Waals surface area contributed by atoms with Crippen LogP contribution in [0.15, 0.2) is 29.4 Å². The number of nitrogens with two attached hydrogens (primary N) is 1. The van der Waals surface area contributed by atoms with Crippen molar-refractivity contribution in [3.63, 3.8) is 0 Å². The van der Waals surface area contributed by atoms with Crippen LogP contribution in [-0.4, -0.2) is 25.1 Å². The number of methoxy groups -OCH3 is 1. The highest BCUT2D eigenvalue weighted by Gasteiger charge is 2.18. The number of nitrogens with one attached hydrogen (secondary N) is 1. The van der Waals surface area contributed by atoms with Crippen LogP contribution in [0, 0.1) is 6.92 Å². The van der Waals surface area contributed by atoms with Crippen LogP contribution >= 0.6 is 0 Å². The Bertz CT molecular complexity index is 733. The number of aryl methyl sites for hydroxylation is 2. The van der Waals surface area contributed by atoms with E-state index in [1.807, 2.05) is 0 Å². The molecule has 0 atom stereocenters. The van der Waals surface area contributed by atoms with Crippen molar-refractivity contribution in [3.05, 3.63) is 35.8 Å². The smallest absolute Gasteiger partial charge is 0.259 e. The summed E-state index contributed by atoms with van der Waals surface area (Å²) in [4.78, 5) is 4.01. The molecule has 2 rings (SSSR count). The fourth-order valence-corrected chi connectivity index (χ4v) is 2.88. The van der Waals surface area contributed by atoms with Gasteiger partial charge in [-0.15, -0.1) is 0 Å². The molecule has 1 aromatic heterocycles. The number of imidazole rings is 1. The Morgan fingerprint density at radius 2 is 2.14 bits per heavy atom. The molecule has 8 heteroatoms. The number of ether oxygens (including phenoxy) is 1. The average Bonchev–Trinajstić information content (AvgIpc) is 2.77. The fourth-order valence-electron chi connectivity index (χ4n) is 1.84. The number of benzene rings is 1. The van der Waals surface area contributed by atoms with Gasteiger partial charge in [0.2, 0.25) is 0 Å². The van der Waals surface area contributed by atoms with E-state index in [0.717, 1.165) is 0 Å². The van der Waals surface area contributed by atoms with Gasteiger partial charge in [-0.05, 0) is 25.1 Å². The average molecular weight is 310 g/mol. The first kappa shape index (κ1) is 15.3. The van der Waals surface area contributed by atoms with Gasteiger partial charge in [-0.2, -0.15) is 0 Å². The van der Waals surface area contributed by atoms with Crippen LogP contribution in [0.1, 0.15) is 11.4 Å². The van der Waals surface area contributed by atoms with E-state index >= 15 is 0 Å². The molecule has 0 aliphatic carbocycles. The number of anilines is 1. The van der Waals surface area contributed by atoms with Crippen LogP contribution in [0.25, 0.3) is 0 Å². The van der Waals surface area contributed by atoms with Crippen LogP contribution in [0.5, 0.6) is 5.75 Å². The number of rotatable bonds is 5. The van der Waals surface area contributed by atoms with Crippen LogP contribution in [0.2, 0.25) is 0 Å². The molecule has 0 unspecified atom stereocenters. The minimum atomic E-state index is -3.68. The lowest BCUT2D eigenvalue weighted by Crippen LogP contribution is -2.24. The van der Waals surface area contributed by atoms with Gasteiger partial charge in [0.15, 0.2) is 5.03 Å². The van der Waals surface area contributed by atoms with Gasteiger partial charge in [-0.25, -0.2) is 18.1 Å². The third-order valence-corrected chi connectivity index (χ3v) is 4.39. The first-order chi connectivity index (χ1) is 9.83. The third-order valence-electron chi connectivity index (χ3n) is 3.12. The van der Waals surface area contributed by atoms with E-state index in [9.17, 15) is 8.42 Å². The molecule has 0 amide bonds. The van der Waals surface area contributed by atoms with Gasteiger partial charge in [0.1, 0.15) is 11.6 Å². The van der Waals surface area contributed by atoms with Gasteiger partial charge in [0, 0.05) is 31.0 Å².